The van der Waals surface area contributed by atoms with Crippen LogP contribution >= 0.6 is 0 Å². The molecule has 4 unspecified atom stereocenters. The molecule has 1 aliphatic rings. The molecule has 4 atom stereocenters. The van der Waals surface area contributed by atoms with Gasteiger partial charge in [-0.1, -0.05) is 44.9 Å². The fourth-order valence-corrected chi connectivity index (χ4v) is 4.18. The molecular formula is C29H41N3O6. The normalized spacial score (nSPS) is 18.0. The molecule has 0 bridgehead atoms. The Bertz CT molecular complexity index is 1060. The van der Waals surface area contributed by atoms with Crippen molar-refractivity contribution in [3.8, 4) is 12.3 Å². The molecule has 2 rings (SSSR count). The number of esters is 1. The number of carbonyl (C=O) groups is 4. The van der Waals surface area contributed by atoms with E-state index in [9.17, 15) is 19.2 Å². The van der Waals surface area contributed by atoms with E-state index in [0.29, 0.717) is 17.5 Å². The summed E-state index contributed by atoms with van der Waals surface area (Å²) in [5, 5.41) is 5.49. The topological polar surface area (TPSA) is 114 Å². The lowest BCUT2D eigenvalue weighted by molar-refractivity contribution is -0.145. The number of carbonyl (C=O) groups excluding carboxylic acids is 4. The second-order valence-corrected chi connectivity index (χ2v) is 10.9. The largest absolute Gasteiger partial charge is 0.466 e. The molecule has 1 aromatic rings. The molecule has 1 aromatic carbocycles. The lowest BCUT2D eigenvalue weighted by atomic mass is 9.95. The Morgan fingerprint density at radius 1 is 1.18 bits per heavy atom. The highest BCUT2D eigenvalue weighted by Crippen LogP contribution is 2.41. The highest BCUT2D eigenvalue weighted by Gasteiger charge is 2.49. The Labute approximate surface area is 226 Å². The van der Waals surface area contributed by atoms with E-state index >= 15 is 0 Å². The summed E-state index contributed by atoms with van der Waals surface area (Å²) < 4.78 is 10.3. The molecular weight excluding hydrogens is 486 g/mol. The summed E-state index contributed by atoms with van der Waals surface area (Å²) in [7, 11) is 0. The monoisotopic (exact) mass is 527 g/mol. The third-order valence-corrected chi connectivity index (χ3v) is 6.15. The molecule has 1 aliphatic carbocycles. The Morgan fingerprint density at radius 2 is 1.82 bits per heavy atom. The molecule has 3 amide bonds. The molecule has 208 valence electrons. The second-order valence-electron chi connectivity index (χ2n) is 10.9. The number of hydrogen-bond donors (Lipinski definition) is 2. The maximum atomic E-state index is 14.1. The molecule has 0 spiro atoms. The van der Waals surface area contributed by atoms with Crippen molar-refractivity contribution >= 4 is 23.9 Å². The van der Waals surface area contributed by atoms with Gasteiger partial charge in [-0.15, -0.1) is 6.42 Å². The Balaban J connectivity index is 2.47. The van der Waals surface area contributed by atoms with E-state index in [2.05, 4.69) is 16.6 Å². The van der Waals surface area contributed by atoms with Gasteiger partial charge in [0.2, 0.25) is 11.8 Å². The zero-order chi connectivity index (χ0) is 28.6. The molecule has 0 aliphatic heterocycles. The van der Waals surface area contributed by atoms with Gasteiger partial charge >= 0.3 is 12.1 Å². The lowest BCUT2D eigenvalue weighted by Gasteiger charge is -2.36. The number of benzene rings is 1. The molecule has 38 heavy (non-hydrogen) atoms. The minimum Gasteiger partial charge on any atom is -0.466 e. The summed E-state index contributed by atoms with van der Waals surface area (Å²) in [6.45, 7) is 12.8. The van der Waals surface area contributed by atoms with Gasteiger partial charge in [-0.3, -0.25) is 14.4 Å². The lowest BCUT2D eigenvalue weighted by Crippen LogP contribution is -2.56. The predicted molar refractivity (Wildman–Crippen MR) is 144 cm³/mol. The van der Waals surface area contributed by atoms with E-state index in [0.717, 1.165) is 0 Å². The SMILES string of the molecule is C#Cc1ccccc1C(C(=O)NCCC(=O)OCC)N(C(=O)C(NC(=O)OC(C)(C)C)C(C)C)C1CC1C. The fourth-order valence-electron chi connectivity index (χ4n) is 4.18. The number of rotatable bonds is 11. The molecule has 0 aromatic heterocycles. The molecule has 0 radical (unpaired) electrons. The molecule has 9 nitrogen and oxygen atoms in total. The van der Waals surface area contributed by atoms with E-state index in [1.165, 1.54) is 0 Å². The van der Waals surface area contributed by atoms with Crippen LogP contribution in [0, 0.1) is 24.2 Å². The molecule has 0 saturated heterocycles. The van der Waals surface area contributed by atoms with Gasteiger partial charge in [0.15, 0.2) is 0 Å². The van der Waals surface area contributed by atoms with Crippen molar-refractivity contribution in [3.63, 3.8) is 0 Å². The average Bonchev–Trinajstić information content (AvgIpc) is 3.54. The first-order valence-electron chi connectivity index (χ1n) is 13.1. The Hall–Kier alpha value is -3.54. The van der Waals surface area contributed by atoms with Crippen LogP contribution in [0.4, 0.5) is 4.79 Å². The van der Waals surface area contributed by atoms with Crippen molar-refractivity contribution in [2.45, 2.75) is 85.0 Å². The summed E-state index contributed by atoms with van der Waals surface area (Å²) in [4.78, 5) is 53.8. The van der Waals surface area contributed by atoms with Crippen LogP contribution in [0.5, 0.6) is 0 Å². The summed E-state index contributed by atoms with van der Waals surface area (Å²) in [5.41, 5.74) is 0.230. The average molecular weight is 528 g/mol. The third-order valence-electron chi connectivity index (χ3n) is 6.15. The molecule has 1 saturated carbocycles. The zero-order valence-electron chi connectivity index (χ0n) is 23.5. The molecule has 2 N–H and O–H groups in total. The number of hydrogen-bond acceptors (Lipinski definition) is 6. The zero-order valence-corrected chi connectivity index (χ0v) is 23.5. The van der Waals surface area contributed by atoms with Crippen molar-refractivity contribution in [2.24, 2.45) is 11.8 Å². The highest BCUT2D eigenvalue weighted by atomic mass is 16.6. The van der Waals surface area contributed by atoms with E-state index in [1.54, 1.807) is 56.9 Å². The quantitative estimate of drug-likeness (QED) is 0.336. The van der Waals surface area contributed by atoms with Gasteiger partial charge in [0.1, 0.15) is 17.7 Å². The van der Waals surface area contributed by atoms with Gasteiger partial charge in [0.05, 0.1) is 13.0 Å². The summed E-state index contributed by atoms with van der Waals surface area (Å²) in [5.74, 6) is 1.17. The number of ether oxygens (including phenoxy) is 2. The molecule has 9 heteroatoms. The van der Waals surface area contributed by atoms with Gasteiger partial charge in [-0.25, -0.2) is 4.79 Å². The number of terminal acetylenes is 1. The summed E-state index contributed by atoms with van der Waals surface area (Å²) in [6.07, 6.45) is 5.75. The van der Waals surface area contributed by atoms with Crippen LogP contribution in [0.1, 0.15) is 78.5 Å². The van der Waals surface area contributed by atoms with Crippen LogP contribution in [0.15, 0.2) is 24.3 Å². The number of nitrogens with one attached hydrogen (secondary N) is 2. The van der Waals surface area contributed by atoms with Crippen LogP contribution < -0.4 is 10.6 Å². The maximum absolute atomic E-state index is 14.1. The smallest absolute Gasteiger partial charge is 0.408 e. The molecule has 0 heterocycles. The van der Waals surface area contributed by atoms with E-state index in [1.807, 2.05) is 20.8 Å². The van der Waals surface area contributed by atoms with Crippen molar-refractivity contribution in [1.29, 1.82) is 0 Å². The van der Waals surface area contributed by atoms with Gasteiger partial charge in [0, 0.05) is 18.2 Å². The van der Waals surface area contributed by atoms with Crippen molar-refractivity contribution < 1.29 is 28.7 Å². The van der Waals surface area contributed by atoms with Crippen molar-refractivity contribution in [2.75, 3.05) is 13.2 Å². The summed E-state index contributed by atoms with van der Waals surface area (Å²) in [6, 6.07) is 4.74. The first-order chi connectivity index (χ1) is 17.8. The van der Waals surface area contributed by atoms with Crippen molar-refractivity contribution in [3.05, 3.63) is 35.4 Å². The summed E-state index contributed by atoms with van der Waals surface area (Å²) >= 11 is 0. The Kier molecular flexibility index (Phi) is 10.7. The second kappa shape index (κ2) is 13.3. The standard InChI is InChI=1S/C29H41N3O6/c1-9-20-13-11-12-14-21(20)25(26(34)30-16-15-23(33)37-10-2)32(22-17-19(22)5)27(35)24(18(3)4)31-28(36)38-29(6,7)8/h1,11-14,18-19,22,24-25H,10,15-17H2,2-8H3,(H,30,34)(H,31,36). The third kappa shape index (κ3) is 8.51. The number of amides is 3. The van der Waals surface area contributed by atoms with Crippen molar-refractivity contribution in [1.82, 2.24) is 15.5 Å². The van der Waals surface area contributed by atoms with E-state index in [4.69, 9.17) is 15.9 Å². The minimum atomic E-state index is -1.06. The Morgan fingerprint density at radius 3 is 2.34 bits per heavy atom. The highest BCUT2D eigenvalue weighted by molar-refractivity contribution is 5.93. The maximum Gasteiger partial charge on any atom is 0.408 e. The van der Waals surface area contributed by atoms with Crippen LogP contribution in [0.25, 0.3) is 0 Å². The van der Waals surface area contributed by atoms with Crippen LogP contribution in [-0.2, 0) is 23.9 Å². The number of alkyl carbamates (subject to hydrolysis) is 1. The van der Waals surface area contributed by atoms with Crippen LogP contribution in [-0.4, -0.2) is 59.6 Å². The number of nitrogens with zero attached hydrogens (tertiary/aromatic N) is 1. The first kappa shape index (κ1) is 30.7. The predicted octanol–water partition coefficient (Wildman–Crippen LogP) is 3.56. The van der Waals surface area contributed by atoms with Gasteiger partial charge in [0.25, 0.3) is 0 Å². The van der Waals surface area contributed by atoms with E-state index in [-0.39, 0.29) is 37.5 Å². The van der Waals surface area contributed by atoms with Crippen LogP contribution in [0.3, 0.4) is 0 Å². The van der Waals surface area contributed by atoms with E-state index < -0.39 is 41.6 Å². The fraction of sp³-hybridized carbons (Fsp3) is 0.586. The van der Waals surface area contributed by atoms with Gasteiger partial charge < -0.3 is 25.0 Å². The van der Waals surface area contributed by atoms with Gasteiger partial charge in [-0.05, 0) is 57.6 Å². The van der Waals surface area contributed by atoms with Gasteiger partial charge in [-0.2, -0.15) is 0 Å². The molecule has 1 fully saturated rings. The minimum absolute atomic E-state index is 0.00825. The van der Waals surface area contributed by atoms with Crippen LogP contribution in [0.2, 0.25) is 0 Å². The first-order valence-corrected chi connectivity index (χ1v) is 13.1.